The van der Waals surface area contributed by atoms with Crippen molar-refractivity contribution in [3.05, 3.63) is 35.4 Å². The highest BCUT2D eigenvalue weighted by Crippen LogP contribution is 2.33. The summed E-state index contributed by atoms with van der Waals surface area (Å²) in [6.07, 6.45) is 2.43. The van der Waals surface area contributed by atoms with Gasteiger partial charge >= 0.3 is 6.09 Å². The van der Waals surface area contributed by atoms with Crippen molar-refractivity contribution in [3.8, 4) is 0 Å². The summed E-state index contributed by atoms with van der Waals surface area (Å²) < 4.78 is 5.49. The summed E-state index contributed by atoms with van der Waals surface area (Å²) in [5.74, 6) is -0.688. The van der Waals surface area contributed by atoms with Crippen LogP contribution in [0.25, 0.3) is 0 Å². The molecule has 0 radical (unpaired) electrons. The zero-order valence-corrected chi connectivity index (χ0v) is 25.0. The molecule has 1 aromatic carbocycles. The van der Waals surface area contributed by atoms with Gasteiger partial charge in [-0.05, 0) is 72.8 Å². The van der Waals surface area contributed by atoms with Crippen LogP contribution in [0.5, 0.6) is 0 Å². The van der Waals surface area contributed by atoms with E-state index >= 15 is 0 Å². The Labute approximate surface area is 225 Å². The van der Waals surface area contributed by atoms with E-state index in [4.69, 9.17) is 4.74 Å². The Morgan fingerprint density at radius 2 is 1.51 bits per heavy atom. The maximum atomic E-state index is 14.4. The van der Waals surface area contributed by atoms with Gasteiger partial charge in [0.25, 0.3) is 0 Å². The highest BCUT2D eigenvalue weighted by Gasteiger charge is 2.44. The molecule has 0 aliphatic rings. The van der Waals surface area contributed by atoms with Gasteiger partial charge in [0.1, 0.15) is 17.7 Å². The number of carbonyl (C=O) groups is 3. The summed E-state index contributed by atoms with van der Waals surface area (Å²) in [4.78, 5) is 42.8. The van der Waals surface area contributed by atoms with Crippen LogP contribution in [0.3, 0.4) is 0 Å². The number of hydrogen-bond donors (Lipinski definition) is 2. The first-order chi connectivity index (χ1) is 17.1. The topological polar surface area (TPSA) is 87.7 Å². The van der Waals surface area contributed by atoms with Gasteiger partial charge in [-0.3, -0.25) is 9.59 Å². The predicted molar refractivity (Wildman–Crippen MR) is 150 cm³/mol. The molecule has 0 fully saturated rings. The van der Waals surface area contributed by atoms with Crippen molar-refractivity contribution in [2.24, 2.45) is 5.92 Å². The molecule has 3 amide bonds. The van der Waals surface area contributed by atoms with Crippen molar-refractivity contribution >= 4 is 17.9 Å². The molecule has 1 aromatic rings. The number of nitrogens with one attached hydrogen (secondary N) is 2. The Balaban J connectivity index is 3.65. The first kappa shape index (κ1) is 32.5. The lowest BCUT2D eigenvalue weighted by molar-refractivity contribution is -0.150. The van der Waals surface area contributed by atoms with E-state index in [9.17, 15) is 14.4 Å². The molecule has 0 aliphatic heterocycles. The number of aryl methyl sites for hydroxylation is 1. The average molecular weight is 518 g/mol. The van der Waals surface area contributed by atoms with Crippen molar-refractivity contribution in [2.75, 3.05) is 0 Å². The molecule has 0 saturated carbocycles. The van der Waals surface area contributed by atoms with Crippen LogP contribution in [-0.4, -0.2) is 46.0 Å². The molecule has 0 heterocycles. The molecule has 210 valence electrons. The Morgan fingerprint density at radius 3 is 1.97 bits per heavy atom. The van der Waals surface area contributed by atoms with Gasteiger partial charge in [0.05, 0.1) is 0 Å². The normalized spacial score (nSPS) is 15.2. The lowest BCUT2D eigenvalue weighted by Crippen LogP contribution is -2.61. The number of rotatable bonds is 12. The molecule has 7 nitrogen and oxygen atoms in total. The largest absolute Gasteiger partial charge is 0.444 e. The minimum atomic E-state index is -0.852. The number of nitrogens with zero attached hydrogens (tertiary/aromatic N) is 1. The van der Waals surface area contributed by atoms with Gasteiger partial charge < -0.3 is 20.3 Å². The first-order valence-electron chi connectivity index (χ1n) is 13.8. The summed E-state index contributed by atoms with van der Waals surface area (Å²) in [6.45, 7) is 21.3. The smallest absolute Gasteiger partial charge is 0.408 e. The number of amides is 3. The first-order valence-corrected chi connectivity index (χ1v) is 13.8. The van der Waals surface area contributed by atoms with Crippen molar-refractivity contribution in [1.29, 1.82) is 0 Å². The lowest BCUT2D eigenvalue weighted by Gasteiger charge is -2.45. The van der Waals surface area contributed by atoms with Gasteiger partial charge in [-0.2, -0.15) is 0 Å². The lowest BCUT2D eigenvalue weighted by atomic mass is 9.89. The number of ether oxygens (including phenoxy) is 1. The number of hydrogen-bond acceptors (Lipinski definition) is 4. The molecule has 1 rings (SSSR count). The minimum absolute atomic E-state index is 0.0302. The monoisotopic (exact) mass is 517 g/mol. The van der Waals surface area contributed by atoms with Crippen molar-refractivity contribution < 1.29 is 19.1 Å². The van der Waals surface area contributed by atoms with E-state index in [1.54, 1.807) is 25.7 Å². The summed E-state index contributed by atoms with van der Waals surface area (Å²) in [7, 11) is 0. The molecule has 2 N–H and O–H groups in total. The Bertz CT molecular complexity index is 889. The molecular formula is C30H51N3O4. The quantitative estimate of drug-likeness (QED) is 0.341. The Kier molecular flexibility index (Phi) is 12.1. The fourth-order valence-corrected chi connectivity index (χ4v) is 4.21. The second-order valence-corrected chi connectivity index (χ2v) is 11.9. The van der Waals surface area contributed by atoms with Gasteiger partial charge in [0.2, 0.25) is 11.8 Å². The standard InChI is InChI=1S/C30H51N3O4/c1-12-15-22(6)31-26(34)25(23-18-16-20(4)17-19-23)33(30(10,11)14-3)27(35)24(21(5)13-2)32-28(36)37-29(7,8)9/h16-19,21-22,24-25H,12-15H2,1-11H3,(H,31,34)(H,32,36). The van der Waals surface area contributed by atoms with Crippen LogP contribution in [-0.2, 0) is 14.3 Å². The van der Waals surface area contributed by atoms with Gasteiger partial charge in [0, 0.05) is 11.6 Å². The fraction of sp³-hybridized carbons (Fsp3) is 0.700. The predicted octanol–water partition coefficient (Wildman–Crippen LogP) is 6.30. The van der Waals surface area contributed by atoms with E-state index in [2.05, 4.69) is 17.6 Å². The van der Waals surface area contributed by atoms with Gasteiger partial charge in [0.15, 0.2) is 0 Å². The van der Waals surface area contributed by atoms with E-state index in [0.29, 0.717) is 12.8 Å². The molecule has 0 saturated heterocycles. The summed E-state index contributed by atoms with van der Waals surface area (Å²) in [5, 5.41) is 5.97. The van der Waals surface area contributed by atoms with E-state index in [1.165, 1.54) is 0 Å². The summed E-state index contributed by atoms with van der Waals surface area (Å²) in [5.41, 5.74) is 0.440. The van der Waals surface area contributed by atoms with Crippen LogP contribution in [0.1, 0.15) is 112 Å². The van der Waals surface area contributed by atoms with Crippen molar-refractivity contribution in [1.82, 2.24) is 15.5 Å². The summed E-state index contributed by atoms with van der Waals surface area (Å²) >= 11 is 0. The highest BCUT2D eigenvalue weighted by atomic mass is 16.6. The molecule has 0 aromatic heterocycles. The molecule has 0 aliphatic carbocycles. The zero-order valence-electron chi connectivity index (χ0n) is 25.0. The van der Waals surface area contributed by atoms with Crippen molar-refractivity contribution in [2.45, 2.75) is 131 Å². The van der Waals surface area contributed by atoms with E-state index in [-0.39, 0.29) is 23.8 Å². The van der Waals surface area contributed by atoms with Crippen LogP contribution in [0.4, 0.5) is 4.79 Å². The van der Waals surface area contributed by atoms with Crippen LogP contribution < -0.4 is 10.6 Å². The number of alkyl carbamates (subject to hydrolysis) is 1. The van der Waals surface area contributed by atoms with Crippen LogP contribution in [0.15, 0.2) is 24.3 Å². The highest BCUT2D eigenvalue weighted by molar-refractivity contribution is 5.93. The Morgan fingerprint density at radius 1 is 0.946 bits per heavy atom. The molecule has 7 heteroatoms. The van der Waals surface area contributed by atoms with E-state index < -0.39 is 29.3 Å². The van der Waals surface area contributed by atoms with Crippen LogP contribution in [0, 0.1) is 12.8 Å². The number of benzene rings is 1. The van der Waals surface area contributed by atoms with Crippen LogP contribution >= 0.6 is 0 Å². The zero-order chi connectivity index (χ0) is 28.6. The molecule has 37 heavy (non-hydrogen) atoms. The number of carbonyl (C=O) groups excluding carboxylic acids is 3. The van der Waals surface area contributed by atoms with E-state index in [0.717, 1.165) is 24.0 Å². The third-order valence-corrected chi connectivity index (χ3v) is 6.92. The average Bonchev–Trinajstić information content (AvgIpc) is 2.79. The fourth-order valence-electron chi connectivity index (χ4n) is 4.21. The Hall–Kier alpha value is -2.57. The van der Waals surface area contributed by atoms with E-state index in [1.807, 2.05) is 72.7 Å². The third kappa shape index (κ3) is 9.67. The van der Waals surface area contributed by atoms with Gasteiger partial charge in [-0.1, -0.05) is 70.4 Å². The van der Waals surface area contributed by atoms with Crippen LogP contribution in [0.2, 0.25) is 0 Å². The second kappa shape index (κ2) is 13.8. The van der Waals surface area contributed by atoms with Crippen molar-refractivity contribution in [3.63, 3.8) is 0 Å². The molecular weight excluding hydrogens is 466 g/mol. The maximum Gasteiger partial charge on any atom is 0.408 e. The van der Waals surface area contributed by atoms with Gasteiger partial charge in [-0.25, -0.2) is 4.79 Å². The molecule has 4 atom stereocenters. The second-order valence-electron chi connectivity index (χ2n) is 11.9. The molecule has 0 bridgehead atoms. The molecule has 0 spiro atoms. The SMILES string of the molecule is CCCC(C)NC(=O)C(c1ccc(C)cc1)N(C(=O)C(NC(=O)OC(C)(C)C)C(C)CC)C(C)(C)CC. The summed E-state index contributed by atoms with van der Waals surface area (Å²) in [6, 6.07) is 6.01. The van der Waals surface area contributed by atoms with Gasteiger partial charge in [-0.15, -0.1) is 0 Å². The third-order valence-electron chi connectivity index (χ3n) is 6.92. The molecule has 4 unspecified atom stereocenters. The maximum absolute atomic E-state index is 14.4. The minimum Gasteiger partial charge on any atom is -0.444 e.